The monoisotopic (exact) mass is 441 g/mol. The van der Waals surface area contributed by atoms with Gasteiger partial charge in [-0.05, 0) is 30.2 Å². The normalized spacial score (nSPS) is 21.2. The van der Waals surface area contributed by atoms with Gasteiger partial charge in [-0.15, -0.1) is 0 Å². The molecule has 2 N–H and O–H groups in total. The van der Waals surface area contributed by atoms with Gasteiger partial charge in [0, 0.05) is 37.7 Å². The zero-order valence-corrected chi connectivity index (χ0v) is 17.9. The maximum absolute atomic E-state index is 14.3. The van der Waals surface area contributed by atoms with Crippen molar-refractivity contribution in [1.82, 2.24) is 15.5 Å². The van der Waals surface area contributed by atoms with Crippen molar-refractivity contribution >= 4 is 11.8 Å². The highest BCUT2D eigenvalue weighted by atomic mass is 19.1. The third-order valence-corrected chi connectivity index (χ3v) is 5.86. The number of nitrogens with zero attached hydrogens (tertiary/aromatic N) is 1. The minimum Gasteiger partial charge on any atom is -0.484 e. The largest absolute Gasteiger partial charge is 0.484 e. The third-order valence-electron chi connectivity index (χ3n) is 5.86. The Labute approximate surface area is 186 Å². The fourth-order valence-corrected chi connectivity index (χ4v) is 4.04. The van der Waals surface area contributed by atoms with Crippen molar-refractivity contribution < 1.29 is 23.5 Å². The molecular formula is C24H28FN3O4. The van der Waals surface area contributed by atoms with E-state index in [-0.39, 0.29) is 30.3 Å². The summed E-state index contributed by atoms with van der Waals surface area (Å²) in [6.07, 6.45) is 1.04. The van der Waals surface area contributed by atoms with Crippen molar-refractivity contribution in [2.45, 2.75) is 31.5 Å². The molecule has 0 saturated carbocycles. The zero-order chi connectivity index (χ0) is 22.3. The number of halogens is 1. The number of carbonyl (C=O) groups is 2. The van der Waals surface area contributed by atoms with E-state index in [0.29, 0.717) is 57.0 Å². The second-order valence-electron chi connectivity index (χ2n) is 8.02. The van der Waals surface area contributed by atoms with E-state index in [4.69, 9.17) is 9.47 Å². The van der Waals surface area contributed by atoms with Crippen LogP contribution in [0, 0.1) is 5.82 Å². The molecule has 0 radical (unpaired) electrons. The molecule has 4 rings (SSSR count). The number of carbonyl (C=O) groups excluding carboxylic acids is 2. The van der Waals surface area contributed by atoms with Gasteiger partial charge in [-0.25, -0.2) is 4.39 Å². The molecule has 8 heteroatoms. The van der Waals surface area contributed by atoms with Crippen LogP contribution in [0.2, 0.25) is 0 Å². The highest BCUT2D eigenvalue weighted by molar-refractivity contribution is 5.78. The molecule has 0 spiro atoms. The van der Waals surface area contributed by atoms with Crippen LogP contribution in [-0.2, 0) is 20.9 Å². The van der Waals surface area contributed by atoms with Crippen molar-refractivity contribution in [3.63, 3.8) is 0 Å². The lowest BCUT2D eigenvalue weighted by atomic mass is 9.91. The molecular weight excluding hydrogens is 413 g/mol. The SMILES string of the molecule is O=C1CC[C@@H](NCc2ccc(OCC(=O)N3CCOCC3)cc2)[C@H](c2ccccc2F)N1. The van der Waals surface area contributed by atoms with Gasteiger partial charge in [0.15, 0.2) is 6.61 Å². The number of hydrogen-bond donors (Lipinski definition) is 2. The summed E-state index contributed by atoms with van der Waals surface area (Å²) in [4.78, 5) is 25.9. The summed E-state index contributed by atoms with van der Waals surface area (Å²) in [5, 5.41) is 6.37. The summed E-state index contributed by atoms with van der Waals surface area (Å²) >= 11 is 0. The third kappa shape index (κ3) is 5.63. The smallest absolute Gasteiger partial charge is 0.260 e. The molecule has 2 aliphatic rings. The van der Waals surface area contributed by atoms with Crippen LogP contribution in [0.4, 0.5) is 4.39 Å². The number of benzene rings is 2. The van der Waals surface area contributed by atoms with Crippen molar-refractivity contribution in [3.8, 4) is 5.75 Å². The lowest BCUT2D eigenvalue weighted by Crippen LogP contribution is -2.48. The molecule has 0 bridgehead atoms. The lowest BCUT2D eigenvalue weighted by molar-refractivity contribution is -0.137. The van der Waals surface area contributed by atoms with Crippen molar-refractivity contribution in [1.29, 1.82) is 0 Å². The fourth-order valence-electron chi connectivity index (χ4n) is 4.04. The summed E-state index contributed by atoms with van der Waals surface area (Å²) in [5.74, 6) is 0.200. The molecule has 2 fully saturated rings. The molecule has 7 nitrogen and oxygen atoms in total. The standard InChI is InChI=1S/C24H28FN3O4/c25-20-4-2-1-3-19(20)24-21(9-10-22(29)27-24)26-15-17-5-7-18(8-6-17)32-16-23(30)28-11-13-31-14-12-28/h1-8,21,24,26H,9-16H2,(H,27,29)/t21-,24+/m1/s1. The first-order valence-electron chi connectivity index (χ1n) is 10.9. The molecule has 2 aromatic carbocycles. The Kier molecular flexibility index (Phi) is 7.34. The van der Waals surface area contributed by atoms with E-state index >= 15 is 0 Å². The van der Waals surface area contributed by atoms with Gasteiger partial charge in [0.25, 0.3) is 5.91 Å². The van der Waals surface area contributed by atoms with Crippen LogP contribution < -0.4 is 15.4 Å². The first kappa shape index (κ1) is 22.2. The van der Waals surface area contributed by atoms with Crippen LogP contribution in [0.5, 0.6) is 5.75 Å². The van der Waals surface area contributed by atoms with E-state index in [1.807, 2.05) is 24.3 Å². The van der Waals surface area contributed by atoms with Crippen molar-refractivity contribution in [2.75, 3.05) is 32.9 Å². The predicted octanol–water partition coefficient (Wildman–Crippen LogP) is 2.17. The molecule has 0 unspecified atom stereocenters. The molecule has 2 atom stereocenters. The Bertz CT molecular complexity index is 931. The molecule has 2 aromatic rings. The van der Waals surface area contributed by atoms with Crippen LogP contribution in [0.3, 0.4) is 0 Å². The number of hydrogen-bond acceptors (Lipinski definition) is 5. The van der Waals surface area contributed by atoms with Gasteiger partial charge in [-0.3, -0.25) is 9.59 Å². The van der Waals surface area contributed by atoms with E-state index < -0.39 is 6.04 Å². The molecule has 2 aliphatic heterocycles. The zero-order valence-electron chi connectivity index (χ0n) is 17.9. The van der Waals surface area contributed by atoms with Gasteiger partial charge < -0.3 is 25.0 Å². The highest BCUT2D eigenvalue weighted by Gasteiger charge is 2.31. The number of ether oxygens (including phenoxy) is 2. The minimum atomic E-state index is -0.411. The Hall–Kier alpha value is -2.97. The maximum Gasteiger partial charge on any atom is 0.260 e. The van der Waals surface area contributed by atoms with E-state index in [0.717, 1.165) is 5.56 Å². The van der Waals surface area contributed by atoms with E-state index in [1.165, 1.54) is 6.07 Å². The van der Waals surface area contributed by atoms with Gasteiger partial charge in [0.05, 0.1) is 19.3 Å². The van der Waals surface area contributed by atoms with Gasteiger partial charge in [-0.1, -0.05) is 30.3 Å². The highest BCUT2D eigenvalue weighted by Crippen LogP contribution is 2.26. The Balaban J connectivity index is 1.30. The predicted molar refractivity (Wildman–Crippen MR) is 116 cm³/mol. The first-order chi connectivity index (χ1) is 15.6. The molecule has 2 amide bonds. The maximum atomic E-state index is 14.3. The minimum absolute atomic E-state index is 0.00366. The summed E-state index contributed by atoms with van der Waals surface area (Å²) in [5.41, 5.74) is 1.52. The fraction of sp³-hybridized carbons (Fsp3) is 0.417. The second-order valence-corrected chi connectivity index (χ2v) is 8.02. The average Bonchev–Trinajstić information content (AvgIpc) is 2.83. The van der Waals surface area contributed by atoms with E-state index in [9.17, 15) is 14.0 Å². The topological polar surface area (TPSA) is 79.9 Å². The van der Waals surface area contributed by atoms with Gasteiger partial charge in [0.1, 0.15) is 11.6 Å². The molecule has 0 aromatic heterocycles. The van der Waals surface area contributed by atoms with Crippen molar-refractivity contribution in [3.05, 3.63) is 65.5 Å². The summed E-state index contributed by atoms with van der Waals surface area (Å²) in [6, 6.07) is 13.6. The summed E-state index contributed by atoms with van der Waals surface area (Å²) in [6.45, 7) is 2.90. The number of rotatable bonds is 7. The van der Waals surface area contributed by atoms with E-state index in [2.05, 4.69) is 10.6 Å². The number of morpholine rings is 1. The Morgan fingerprint density at radius 3 is 2.66 bits per heavy atom. The Morgan fingerprint density at radius 2 is 1.91 bits per heavy atom. The summed E-state index contributed by atoms with van der Waals surface area (Å²) < 4.78 is 25.2. The van der Waals surface area contributed by atoms with Crippen LogP contribution in [-0.4, -0.2) is 55.7 Å². The molecule has 2 heterocycles. The quantitative estimate of drug-likeness (QED) is 0.689. The van der Waals surface area contributed by atoms with Crippen LogP contribution in [0.25, 0.3) is 0 Å². The Morgan fingerprint density at radius 1 is 1.16 bits per heavy atom. The van der Waals surface area contributed by atoms with Crippen LogP contribution >= 0.6 is 0 Å². The number of nitrogens with one attached hydrogen (secondary N) is 2. The van der Waals surface area contributed by atoms with E-state index in [1.54, 1.807) is 23.1 Å². The van der Waals surface area contributed by atoms with Crippen LogP contribution in [0.1, 0.15) is 30.0 Å². The number of piperidine rings is 1. The second kappa shape index (κ2) is 10.6. The molecule has 32 heavy (non-hydrogen) atoms. The molecule has 2 saturated heterocycles. The molecule has 0 aliphatic carbocycles. The lowest BCUT2D eigenvalue weighted by Gasteiger charge is -2.33. The van der Waals surface area contributed by atoms with Gasteiger partial charge >= 0.3 is 0 Å². The first-order valence-corrected chi connectivity index (χ1v) is 10.9. The number of amides is 2. The van der Waals surface area contributed by atoms with Gasteiger partial charge in [0.2, 0.25) is 5.91 Å². The van der Waals surface area contributed by atoms with Gasteiger partial charge in [-0.2, -0.15) is 0 Å². The van der Waals surface area contributed by atoms with Crippen LogP contribution in [0.15, 0.2) is 48.5 Å². The van der Waals surface area contributed by atoms with Crippen molar-refractivity contribution in [2.24, 2.45) is 0 Å². The molecule has 170 valence electrons. The summed E-state index contributed by atoms with van der Waals surface area (Å²) in [7, 11) is 0. The average molecular weight is 442 g/mol.